The fraction of sp³-hybridized carbons (Fsp3) is 1.00. The van der Waals surface area contributed by atoms with Crippen LogP contribution in [-0.2, 0) is 0 Å². The maximum atomic E-state index is 7.16. The Labute approximate surface area is 148 Å². The summed E-state index contributed by atoms with van der Waals surface area (Å²) < 4.78 is 0. The Hall–Kier alpha value is -0.0400. The Morgan fingerprint density at radius 3 is 1.43 bits per heavy atom. The van der Waals surface area contributed by atoms with Gasteiger partial charge in [0.05, 0.1) is 0 Å². The van der Waals surface area contributed by atoms with E-state index in [9.17, 15) is 0 Å². The van der Waals surface area contributed by atoms with Gasteiger partial charge in [-0.2, -0.15) is 0 Å². The highest BCUT2D eigenvalue weighted by Gasteiger charge is 2.58. The molecule has 0 rings (SSSR count). The van der Waals surface area contributed by atoms with E-state index in [1.54, 1.807) is 0 Å². The number of hydrogen-bond donors (Lipinski definition) is 1. The molecule has 0 amide bonds. The van der Waals surface area contributed by atoms with Crippen molar-refractivity contribution in [3.8, 4) is 0 Å². The first-order chi connectivity index (χ1) is 10.9. The number of hydrogen-bond acceptors (Lipinski definition) is 1. The van der Waals surface area contributed by atoms with Crippen LogP contribution in [0.1, 0.15) is 120 Å². The topological polar surface area (TPSA) is 26.0 Å². The third-order valence-corrected chi connectivity index (χ3v) is 7.82. The highest BCUT2D eigenvalue weighted by Crippen LogP contribution is 2.62. The van der Waals surface area contributed by atoms with Crippen LogP contribution in [0.4, 0.5) is 0 Å². The minimum absolute atomic E-state index is 0.0395. The summed E-state index contributed by atoms with van der Waals surface area (Å²) >= 11 is 0. The van der Waals surface area contributed by atoms with Gasteiger partial charge in [0, 0.05) is 5.54 Å². The number of nitrogens with two attached hydrogens (primary N) is 1. The van der Waals surface area contributed by atoms with E-state index in [-0.39, 0.29) is 11.0 Å². The number of rotatable bonds is 13. The van der Waals surface area contributed by atoms with E-state index < -0.39 is 0 Å². The van der Waals surface area contributed by atoms with Crippen LogP contribution in [0.15, 0.2) is 0 Å². The second-order valence-corrected chi connectivity index (χ2v) is 7.76. The van der Waals surface area contributed by atoms with Gasteiger partial charge in [0.25, 0.3) is 0 Å². The summed E-state index contributed by atoms with van der Waals surface area (Å²) in [5, 5.41) is 0. The van der Waals surface area contributed by atoms with Gasteiger partial charge < -0.3 is 5.73 Å². The van der Waals surface area contributed by atoms with Crippen molar-refractivity contribution in [1.29, 1.82) is 0 Å². The lowest BCUT2D eigenvalue weighted by molar-refractivity contribution is -0.103. The number of unbranched alkanes of at least 4 members (excludes halogenated alkanes) is 1. The summed E-state index contributed by atoms with van der Waals surface area (Å²) in [5.41, 5.74) is 7.74. The van der Waals surface area contributed by atoms with Gasteiger partial charge in [-0.05, 0) is 61.7 Å². The largest absolute Gasteiger partial charge is 0.325 e. The lowest BCUT2D eigenvalue weighted by Crippen LogP contribution is -2.63. The Morgan fingerprint density at radius 2 is 1.17 bits per heavy atom. The molecule has 0 heterocycles. The quantitative estimate of drug-likeness (QED) is 0.377. The molecule has 0 fully saturated rings. The molecule has 2 N–H and O–H groups in total. The average Bonchev–Trinajstić information content (AvgIpc) is 2.60. The van der Waals surface area contributed by atoms with Gasteiger partial charge in [-0.25, -0.2) is 0 Å². The molecule has 0 aliphatic heterocycles. The summed E-state index contributed by atoms with van der Waals surface area (Å²) in [7, 11) is 0. The molecule has 0 saturated heterocycles. The van der Waals surface area contributed by atoms with Gasteiger partial charge in [0.15, 0.2) is 0 Å². The molecule has 0 spiro atoms. The van der Waals surface area contributed by atoms with E-state index in [0.29, 0.717) is 5.41 Å². The smallest absolute Gasteiger partial charge is 0.0211 e. The zero-order valence-electron chi connectivity index (χ0n) is 17.7. The van der Waals surface area contributed by atoms with Crippen molar-refractivity contribution in [2.24, 2.45) is 22.5 Å². The molecule has 0 bridgehead atoms. The lowest BCUT2D eigenvalue weighted by Gasteiger charge is -2.62. The van der Waals surface area contributed by atoms with Gasteiger partial charge in [-0.1, -0.05) is 74.7 Å². The van der Waals surface area contributed by atoms with Crippen LogP contribution in [0.25, 0.3) is 0 Å². The van der Waals surface area contributed by atoms with Gasteiger partial charge in [0.2, 0.25) is 0 Å². The molecule has 140 valence electrons. The first kappa shape index (κ1) is 23.0. The lowest BCUT2D eigenvalue weighted by atomic mass is 9.44. The van der Waals surface area contributed by atoms with Crippen LogP contribution >= 0.6 is 0 Å². The van der Waals surface area contributed by atoms with Crippen molar-refractivity contribution in [1.82, 2.24) is 0 Å². The second-order valence-electron chi connectivity index (χ2n) is 7.76. The normalized spacial score (nSPS) is 15.0. The predicted octanol–water partition coefficient (Wildman–Crippen LogP) is 7.33. The minimum atomic E-state index is -0.0395. The van der Waals surface area contributed by atoms with Crippen molar-refractivity contribution in [3.63, 3.8) is 0 Å². The Kier molecular flexibility index (Phi) is 10.0. The van der Waals surface area contributed by atoms with Crippen molar-refractivity contribution in [2.75, 3.05) is 0 Å². The Balaban J connectivity index is 6.26. The van der Waals surface area contributed by atoms with Crippen molar-refractivity contribution >= 4 is 0 Å². The molecule has 1 unspecified atom stereocenters. The molecule has 1 atom stereocenters. The molecule has 0 aliphatic rings. The fourth-order valence-electron chi connectivity index (χ4n) is 6.30. The molecule has 0 saturated carbocycles. The van der Waals surface area contributed by atoms with Crippen LogP contribution in [-0.4, -0.2) is 5.54 Å². The molecule has 23 heavy (non-hydrogen) atoms. The molecule has 1 nitrogen and oxygen atoms in total. The highest BCUT2D eigenvalue weighted by atomic mass is 14.8. The highest BCUT2D eigenvalue weighted by molar-refractivity contribution is 5.11. The summed E-state index contributed by atoms with van der Waals surface area (Å²) in [6.45, 7) is 19.0. The van der Waals surface area contributed by atoms with Gasteiger partial charge in [-0.3, -0.25) is 0 Å². The standard InChI is InChI=1S/C22H47N/c1-9-17-18-19(10-2)20(11-3,12-4)21(13-5,14-6)22(23,15-7)16-8/h19H,9-18,23H2,1-8H3. The van der Waals surface area contributed by atoms with E-state index in [1.165, 1.54) is 51.4 Å². The van der Waals surface area contributed by atoms with Crippen molar-refractivity contribution < 1.29 is 0 Å². The van der Waals surface area contributed by atoms with E-state index in [0.717, 1.165) is 18.8 Å². The summed E-state index contributed by atoms with van der Waals surface area (Å²) in [5.74, 6) is 0.804. The van der Waals surface area contributed by atoms with Crippen LogP contribution in [0.2, 0.25) is 0 Å². The van der Waals surface area contributed by atoms with E-state index in [4.69, 9.17) is 5.73 Å². The third-order valence-electron chi connectivity index (χ3n) is 7.82. The van der Waals surface area contributed by atoms with Crippen LogP contribution in [0.5, 0.6) is 0 Å². The molecule has 0 aromatic rings. The Morgan fingerprint density at radius 1 is 0.696 bits per heavy atom. The van der Waals surface area contributed by atoms with Crippen molar-refractivity contribution in [2.45, 2.75) is 125 Å². The maximum Gasteiger partial charge on any atom is 0.0211 e. The van der Waals surface area contributed by atoms with Crippen LogP contribution < -0.4 is 5.73 Å². The zero-order valence-corrected chi connectivity index (χ0v) is 17.7. The van der Waals surface area contributed by atoms with E-state index in [2.05, 4.69) is 55.4 Å². The van der Waals surface area contributed by atoms with Gasteiger partial charge in [0.1, 0.15) is 0 Å². The molecule has 0 aliphatic carbocycles. The first-order valence-electron chi connectivity index (χ1n) is 10.7. The monoisotopic (exact) mass is 325 g/mol. The SMILES string of the molecule is CCCCC(CC)C(CC)(CC)C(CC)(CC)C(N)(CC)CC. The average molecular weight is 326 g/mol. The summed E-state index contributed by atoms with van der Waals surface area (Å²) in [6, 6.07) is 0. The van der Waals surface area contributed by atoms with Crippen molar-refractivity contribution in [3.05, 3.63) is 0 Å². The zero-order chi connectivity index (χ0) is 18.1. The van der Waals surface area contributed by atoms with Gasteiger partial charge in [-0.15, -0.1) is 0 Å². The second kappa shape index (κ2) is 10.1. The van der Waals surface area contributed by atoms with Crippen LogP contribution in [0.3, 0.4) is 0 Å². The maximum absolute atomic E-state index is 7.16. The molecule has 0 radical (unpaired) electrons. The molecular weight excluding hydrogens is 278 g/mol. The molecule has 0 aromatic heterocycles. The summed E-state index contributed by atoms with van der Waals surface area (Å²) in [6.07, 6.45) is 12.5. The fourth-order valence-corrected chi connectivity index (χ4v) is 6.30. The third kappa shape index (κ3) is 3.80. The molecule has 0 aromatic carbocycles. The van der Waals surface area contributed by atoms with E-state index in [1.807, 2.05) is 0 Å². The summed E-state index contributed by atoms with van der Waals surface area (Å²) in [4.78, 5) is 0. The first-order valence-corrected chi connectivity index (χ1v) is 10.7. The van der Waals surface area contributed by atoms with E-state index >= 15 is 0 Å². The van der Waals surface area contributed by atoms with Crippen LogP contribution in [0, 0.1) is 16.7 Å². The Bertz CT molecular complexity index is 295. The predicted molar refractivity (Wildman–Crippen MR) is 107 cm³/mol. The molecular formula is C22H47N. The minimum Gasteiger partial charge on any atom is -0.325 e. The molecule has 1 heteroatoms. The van der Waals surface area contributed by atoms with Gasteiger partial charge >= 0.3 is 0 Å².